The summed E-state index contributed by atoms with van der Waals surface area (Å²) in [6, 6.07) is 34.6. The zero-order chi connectivity index (χ0) is 41.3. The van der Waals surface area contributed by atoms with Crippen molar-refractivity contribution in [2.24, 2.45) is 0 Å². The van der Waals surface area contributed by atoms with Crippen molar-refractivity contribution in [2.75, 3.05) is 13.2 Å². The Morgan fingerprint density at radius 2 is 0.862 bits per heavy atom. The molecule has 0 N–H and O–H groups in total. The van der Waals surface area contributed by atoms with Crippen LogP contribution < -0.4 is 9.47 Å². The summed E-state index contributed by atoms with van der Waals surface area (Å²) in [4.78, 5) is 0. The van der Waals surface area contributed by atoms with Crippen LogP contribution in [0.3, 0.4) is 0 Å². The lowest BCUT2D eigenvalue weighted by molar-refractivity contribution is 0.303. The summed E-state index contributed by atoms with van der Waals surface area (Å²) in [7, 11) is 0. The predicted octanol–water partition coefficient (Wildman–Crippen LogP) is 17.9. The molecule has 1 heterocycles. The van der Waals surface area contributed by atoms with Crippen LogP contribution in [0.25, 0.3) is 53.6 Å². The van der Waals surface area contributed by atoms with Gasteiger partial charge in [0.15, 0.2) is 0 Å². The molecule has 1 aromatic heterocycles. The molecule has 5 aromatic carbocycles. The minimum atomic E-state index is 0.0958. The van der Waals surface area contributed by atoms with E-state index in [2.05, 4.69) is 162 Å². The van der Waals surface area contributed by atoms with Gasteiger partial charge in [-0.2, -0.15) is 0 Å². The quantitative estimate of drug-likeness (QED) is 0.0756. The van der Waals surface area contributed by atoms with Gasteiger partial charge in [0, 0.05) is 25.7 Å². The minimum Gasteiger partial charge on any atom is -0.493 e. The fourth-order valence-electron chi connectivity index (χ4n) is 7.83. The van der Waals surface area contributed by atoms with E-state index in [1.165, 1.54) is 123 Å². The Balaban J connectivity index is 1.43. The Bertz CT molecular complexity index is 2160. The molecule has 0 unspecified atom stereocenters. The van der Waals surface area contributed by atoms with Gasteiger partial charge in [-0.1, -0.05) is 168 Å². The molecule has 0 bridgehead atoms. The van der Waals surface area contributed by atoms with Gasteiger partial charge >= 0.3 is 0 Å². The van der Waals surface area contributed by atoms with Crippen LogP contribution >= 0.6 is 27.3 Å². The van der Waals surface area contributed by atoms with Crippen LogP contribution in [0.4, 0.5) is 0 Å². The van der Waals surface area contributed by atoms with E-state index in [-0.39, 0.29) is 10.8 Å². The topological polar surface area (TPSA) is 18.5 Å². The van der Waals surface area contributed by atoms with Gasteiger partial charge < -0.3 is 9.47 Å². The summed E-state index contributed by atoms with van der Waals surface area (Å²) < 4.78 is 16.8. The highest BCUT2D eigenvalue weighted by Gasteiger charge is 2.19. The molecule has 0 saturated heterocycles. The lowest BCUT2D eigenvalue weighted by Crippen LogP contribution is -2.10. The molecule has 6 aromatic rings. The zero-order valence-corrected chi connectivity index (χ0v) is 39.1. The van der Waals surface area contributed by atoms with Crippen LogP contribution in [0.2, 0.25) is 0 Å². The molecule has 58 heavy (non-hydrogen) atoms. The average molecular weight is 860 g/mol. The second-order valence-corrected chi connectivity index (χ2v) is 20.3. The van der Waals surface area contributed by atoms with E-state index in [9.17, 15) is 0 Å². The number of halogens is 1. The van der Waals surface area contributed by atoms with Crippen molar-refractivity contribution in [1.82, 2.24) is 0 Å². The van der Waals surface area contributed by atoms with E-state index < -0.39 is 0 Å². The second kappa shape index (κ2) is 20.1. The number of thiophene rings is 1. The summed E-state index contributed by atoms with van der Waals surface area (Å²) >= 11 is 5.70. The molecule has 0 spiro atoms. The number of hydrogen-bond acceptors (Lipinski definition) is 3. The fourth-order valence-corrected chi connectivity index (χ4v) is 9.59. The summed E-state index contributed by atoms with van der Waals surface area (Å²) in [6.07, 6.45) is 14.9. The number of fused-ring (bicyclic) bond motifs is 3. The third-order valence-corrected chi connectivity index (χ3v) is 13.3. The Labute approximate surface area is 362 Å². The molecular formula is C54H67BrO2S. The van der Waals surface area contributed by atoms with Crippen molar-refractivity contribution in [3.05, 3.63) is 107 Å². The van der Waals surface area contributed by atoms with E-state index in [0.29, 0.717) is 6.61 Å². The first-order valence-electron chi connectivity index (χ1n) is 22.2. The number of ether oxygens (including phenoxy) is 2. The summed E-state index contributed by atoms with van der Waals surface area (Å²) in [6.45, 7) is 19.7. The SMILES string of the molecule is CCCCCCCCOc1cc2c(cc1Br)sc1cc(-c3cc(-c4ccc(C(C)(C)C)cc4)cc(-c4ccc(C(C)(C)C)cc4)c3)c(OCCCCCCCC)cc12. The largest absolute Gasteiger partial charge is 0.493 e. The van der Waals surface area contributed by atoms with E-state index in [1.807, 2.05) is 11.3 Å². The van der Waals surface area contributed by atoms with Crippen LogP contribution in [-0.4, -0.2) is 13.2 Å². The average Bonchev–Trinajstić information content (AvgIpc) is 3.54. The maximum absolute atomic E-state index is 6.86. The molecule has 4 heteroatoms. The highest BCUT2D eigenvalue weighted by molar-refractivity contribution is 9.10. The monoisotopic (exact) mass is 858 g/mol. The van der Waals surface area contributed by atoms with Gasteiger partial charge in [0.2, 0.25) is 0 Å². The summed E-state index contributed by atoms with van der Waals surface area (Å²) in [5.74, 6) is 1.87. The van der Waals surface area contributed by atoms with Crippen LogP contribution in [0.5, 0.6) is 11.5 Å². The Morgan fingerprint density at radius 1 is 0.448 bits per heavy atom. The number of unbranched alkanes of at least 4 members (excludes halogenated alkanes) is 10. The lowest BCUT2D eigenvalue weighted by atomic mass is 9.85. The molecule has 0 fully saturated rings. The molecule has 0 atom stereocenters. The third-order valence-electron chi connectivity index (χ3n) is 11.5. The molecule has 2 nitrogen and oxygen atoms in total. The molecule has 0 aliphatic heterocycles. The first-order valence-corrected chi connectivity index (χ1v) is 23.8. The van der Waals surface area contributed by atoms with Crippen molar-refractivity contribution < 1.29 is 9.47 Å². The van der Waals surface area contributed by atoms with E-state index in [1.54, 1.807) is 0 Å². The smallest absolute Gasteiger partial charge is 0.134 e. The van der Waals surface area contributed by atoms with Gasteiger partial charge in [-0.15, -0.1) is 11.3 Å². The Morgan fingerprint density at radius 3 is 1.34 bits per heavy atom. The van der Waals surface area contributed by atoms with E-state index in [0.717, 1.165) is 41.0 Å². The maximum atomic E-state index is 6.86. The maximum Gasteiger partial charge on any atom is 0.134 e. The van der Waals surface area contributed by atoms with Gasteiger partial charge in [0.25, 0.3) is 0 Å². The van der Waals surface area contributed by atoms with Crippen LogP contribution in [-0.2, 0) is 10.8 Å². The standard InChI is InChI=1S/C54H67BrO2S/c1-9-11-13-15-17-19-29-56-49-34-46-47-35-50(57-30-20-18-16-14-12-10-2)48(55)37-52(47)58-51(46)36-45(49)42-32-40(38-21-25-43(26-22-38)53(3,4)5)31-41(33-42)39-23-27-44(28-24-39)54(6,7)8/h21-28,31-37H,9-20,29-30H2,1-8H3. The molecule has 0 saturated carbocycles. The fraction of sp³-hybridized carbons (Fsp3) is 0.444. The van der Waals surface area contributed by atoms with Crippen molar-refractivity contribution in [3.8, 4) is 44.9 Å². The molecule has 0 radical (unpaired) electrons. The summed E-state index contributed by atoms with van der Waals surface area (Å²) in [5.41, 5.74) is 10.1. The Kier molecular flexibility index (Phi) is 15.2. The number of hydrogen-bond donors (Lipinski definition) is 0. The van der Waals surface area contributed by atoms with E-state index >= 15 is 0 Å². The van der Waals surface area contributed by atoms with Gasteiger partial charge in [-0.25, -0.2) is 0 Å². The molecule has 0 amide bonds. The number of rotatable bonds is 19. The molecule has 0 aliphatic rings. The zero-order valence-electron chi connectivity index (χ0n) is 36.7. The molecule has 308 valence electrons. The predicted molar refractivity (Wildman–Crippen MR) is 258 cm³/mol. The summed E-state index contributed by atoms with van der Waals surface area (Å²) in [5, 5.41) is 2.45. The normalized spacial score (nSPS) is 12.2. The van der Waals surface area contributed by atoms with Gasteiger partial charge in [0.05, 0.1) is 17.7 Å². The van der Waals surface area contributed by atoms with Crippen LogP contribution in [0, 0.1) is 0 Å². The first-order chi connectivity index (χ1) is 27.9. The Hall–Kier alpha value is -3.60. The highest BCUT2D eigenvalue weighted by Crippen LogP contribution is 2.46. The van der Waals surface area contributed by atoms with Gasteiger partial charge in [-0.05, 0) is 121 Å². The lowest BCUT2D eigenvalue weighted by Gasteiger charge is -2.20. The van der Waals surface area contributed by atoms with Crippen molar-refractivity contribution in [3.63, 3.8) is 0 Å². The minimum absolute atomic E-state index is 0.0958. The van der Waals surface area contributed by atoms with Crippen LogP contribution in [0.15, 0.2) is 95.5 Å². The van der Waals surface area contributed by atoms with Crippen molar-refractivity contribution in [2.45, 2.75) is 143 Å². The highest BCUT2D eigenvalue weighted by atomic mass is 79.9. The van der Waals surface area contributed by atoms with Crippen LogP contribution in [0.1, 0.15) is 144 Å². The molecule has 6 rings (SSSR count). The number of benzene rings is 5. The molecule has 0 aliphatic carbocycles. The first kappa shape index (κ1) is 44.0. The van der Waals surface area contributed by atoms with Crippen molar-refractivity contribution in [1.29, 1.82) is 0 Å². The van der Waals surface area contributed by atoms with Crippen molar-refractivity contribution >= 4 is 47.4 Å². The van der Waals surface area contributed by atoms with Gasteiger partial charge in [0.1, 0.15) is 11.5 Å². The second-order valence-electron chi connectivity index (χ2n) is 18.4. The van der Waals surface area contributed by atoms with E-state index in [4.69, 9.17) is 9.47 Å². The molecular weight excluding hydrogens is 793 g/mol. The van der Waals surface area contributed by atoms with Gasteiger partial charge in [-0.3, -0.25) is 0 Å². The third kappa shape index (κ3) is 11.4.